The summed E-state index contributed by atoms with van der Waals surface area (Å²) in [7, 11) is -3.78. The van der Waals surface area contributed by atoms with E-state index in [0.717, 1.165) is 27.3 Å². The van der Waals surface area contributed by atoms with Crippen molar-refractivity contribution in [1.82, 2.24) is 10.2 Å². The summed E-state index contributed by atoms with van der Waals surface area (Å²) in [6.45, 7) is 6.03. The highest BCUT2D eigenvalue weighted by atomic mass is 32.2. The van der Waals surface area contributed by atoms with Gasteiger partial charge in [0.05, 0.1) is 11.9 Å². The quantitative estimate of drug-likeness (QED) is 0.377. The Morgan fingerprint density at radius 1 is 0.842 bits per heavy atom. The number of nitrogens with zero attached hydrogens (tertiary/aromatic N) is 2. The number of para-hydroxylation sites is 1. The molecule has 0 aliphatic carbocycles. The second-order valence-corrected chi connectivity index (χ2v) is 11.8. The van der Waals surface area contributed by atoms with Gasteiger partial charge in [0.1, 0.15) is 12.6 Å². The monoisotopic (exact) mass is 535 g/mol. The van der Waals surface area contributed by atoms with Crippen LogP contribution in [0.3, 0.4) is 0 Å². The van der Waals surface area contributed by atoms with Crippen molar-refractivity contribution in [3.63, 3.8) is 0 Å². The first-order valence-electron chi connectivity index (χ1n) is 12.7. The van der Waals surface area contributed by atoms with Gasteiger partial charge in [0.25, 0.3) is 0 Å². The first-order chi connectivity index (χ1) is 18.1. The van der Waals surface area contributed by atoms with Gasteiger partial charge in [-0.05, 0) is 35.6 Å². The van der Waals surface area contributed by atoms with Gasteiger partial charge in [-0.3, -0.25) is 13.9 Å². The summed E-state index contributed by atoms with van der Waals surface area (Å²) < 4.78 is 26.8. The maximum atomic E-state index is 14.0. The molecule has 0 radical (unpaired) electrons. The first kappa shape index (κ1) is 28.9. The first-order valence-corrected chi connectivity index (χ1v) is 14.6. The molecule has 38 heavy (non-hydrogen) atoms. The van der Waals surface area contributed by atoms with Crippen molar-refractivity contribution < 1.29 is 18.0 Å². The highest BCUT2D eigenvalue weighted by Crippen LogP contribution is 2.23. The van der Waals surface area contributed by atoms with Crippen LogP contribution in [0.1, 0.15) is 30.5 Å². The lowest BCUT2D eigenvalue weighted by molar-refractivity contribution is -0.140. The van der Waals surface area contributed by atoms with Crippen LogP contribution < -0.4 is 9.62 Å². The molecule has 0 spiro atoms. The molecule has 0 fully saturated rings. The van der Waals surface area contributed by atoms with Crippen molar-refractivity contribution in [1.29, 1.82) is 0 Å². The van der Waals surface area contributed by atoms with Gasteiger partial charge in [-0.25, -0.2) is 8.42 Å². The topological polar surface area (TPSA) is 86.8 Å². The number of nitrogens with one attached hydrogen (secondary N) is 1. The van der Waals surface area contributed by atoms with Gasteiger partial charge < -0.3 is 10.2 Å². The van der Waals surface area contributed by atoms with Crippen LogP contribution in [0.4, 0.5) is 5.69 Å². The van der Waals surface area contributed by atoms with Crippen molar-refractivity contribution in [3.05, 3.63) is 102 Å². The van der Waals surface area contributed by atoms with Crippen LogP contribution in [0.5, 0.6) is 0 Å². The molecule has 1 unspecified atom stereocenters. The third-order valence-corrected chi connectivity index (χ3v) is 7.34. The van der Waals surface area contributed by atoms with Gasteiger partial charge in [0, 0.05) is 19.5 Å². The van der Waals surface area contributed by atoms with Crippen LogP contribution in [-0.2, 0) is 32.6 Å². The molecule has 202 valence electrons. The maximum Gasteiger partial charge on any atom is 0.244 e. The summed E-state index contributed by atoms with van der Waals surface area (Å²) in [5.41, 5.74) is 2.92. The van der Waals surface area contributed by atoms with E-state index in [-0.39, 0.29) is 18.4 Å². The third-order valence-electron chi connectivity index (χ3n) is 6.21. The number of benzene rings is 3. The zero-order chi connectivity index (χ0) is 27.7. The number of hydrogen-bond donors (Lipinski definition) is 1. The minimum atomic E-state index is -3.78. The number of aryl methyl sites for hydroxylation is 1. The van der Waals surface area contributed by atoms with E-state index in [1.807, 2.05) is 80.6 Å². The van der Waals surface area contributed by atoms with E-state index in [4.69, 9.17) is 0 Å². The fourth-order valence-electron chi connectivity index (χ4n) is 4.19. The zero-order valence-corrected chi connectivity index (χ0v) is 23.3. The fourth-order valence-corrected chi connectivity index (χ4v) is 5.10. The molecule has 0 aliphatic heterocycles. The molecule has 7 nitrogen and oxygen atoms in total. The molecule has 0 bridgehead atoms. The minimum absolute atomic E-state index is 0.164. The van der Waals surface area contributed by atoms with Crippen molar-refractivity contribution in [2.75, 3.05) is 23.7 Å². The second kappa shape index (κ2) is 13.2. The molecule has 1 atom stereocenters. The van der Waals surface area contributed by atoms with Gasteiger partial charge in [0.15, 0.2) is 0 Å². The molecule has 1 N–H and O–H groups in total. The highest BCUT2D eigenvalue weighted by molar-refractivity contribution is 7.92. The fraction of sp³-hybridized carbons (Fsp3) is 0.333. The molecular formula is C30H37N3O4S. The van der Waals surface area contributed by atoms with E-state index in [0.29, 0.717) is 18.7 Å². The Bertz CT molecular complexity index is 1310. The number of amides is 2. The Labute approximate surface area is 226 Å². The molecule has 0 aliphatic rings. The van der Waals surface area contributed by atoms with Gasteiger partial charge in [-0.1, -0.05) is 92.7 Å². The number of hydrogen-bond acceptors (Lipinski definition) is 4. The van der Waals surface area contributed by atoms with Gasteiger partial charge in [0.2, 0.25) is 21.8 Å². The number of rotatable bonds is 12. The average molecular weight is 536 g/mol. The van der Waals surface area contributed by atoms with Crippen LogP contribution in [0, 0.1) is 12.8 Å². The molecule has 2 amide bonds. The van der Waals surface area contributed by atoms with Crippen molar-refractivity contribution in [2.24, 2.45) is 5.92 Å². The molecule has 3 aromatic rings. The molecule has 3 aromatic carbocycles. The van der Waals surface area contributed by atoms with E-state index >= 15 is 0 Å². The summed E-state index contributed by atoms with van der Waals surface area (Å²) in [4.78, 5) is 29.1. The van der Waals surface area contributed by atoms with Crippen molar-refractivity contribution in [2.45, 2.75) is 39.8 Å². The average Bonchev–Trinajstić information content (AvgIpc) is 2.89. The molecule has 0 saturated heterocycles. The number of carbonyl (C=O) groups is 2. The molecule has 3 rings (SSSR count). The van der Waals surface area contributed by atoms with Crippen LogP contribution >= 0.6 is 0 Å². The summed E-state index contributed by atoms with van der Waals surface area (Å²) in [6, 6.07) is 25.2. The summed E-state index contributed by atoms with van der Waals surface area (Å²) >= 11 is 0. The van der Waals surface area contributed by atoms with Crippen LogP contribution in [0.15, 0.2) is 84.9 Å². The maximum absolute atomic E-state index is 14.0. The predicted molar refractivity (Wildman–Crippen MR) is 152 cm³/mol. The van der Waals surface area contributed by atoms with Crippen molar-refractivity contribution in [3.8, 4) is 0 Å². The Hall–Kier alpha value is -3.65. The van der Waals surface area contributed by atoms with Crippen LogP contribution in [0.25, 0.3) is 0 Å². The highest BCUT2D eigenvalue weighted by Gasteiger charge is 2.33. The molecular weight excluding hydrogens is 498 g/mol. The van der Waals surface area contributed by atoms with E-state index in [2.05, 4.69) is 5.32 Å². The molecule has 0 heterocycles. The molecule has 0 saturated carbocycles. The van der Waals surface area contributed by atoms with Crippen LogP contribution in [0.2, 0.25) is 0 Å². The Kier molecular flexibility index (Phi) is 10.1. The largest absolute Gasteiger partial charge is 0.354 e. The molecule has 0 aromatic heterocycles. The second-order valence-electron chi connectivity index (χ2n) is 9.91. The smallest absolute Gasteiger partial charge is 0.244 e. The Morgan fingerprint density at radius 3 is 1.95 bits per heavy atom. The van der Waals surface area contributed by atoms with Gasteiger partial charge >= 0.3 is 0 Å². The van der Waals surface area contributed by atoms with E-state index in [9.17, 15) is 18.0 Å². The predicted octanol–water partition coefficient (Wildman–Crippen LogP) is 4.17. The van der Waals surface area contributed by atoms with Gasteiger partial charge in [-0.15, -0.1) is 0 Å². The summed E-state index contributed by atoms with van der Waals surface area (Å²) in [5.74, 6) is -0.492. The van der Waals surface area contributed by atoms with Gasteiger partial charge in [-0.2, -0.15) is 0 Å². The summed E-state index contributed by atoms with van der Waals surface area (Å²) in [6.07, 6.45) is 1.39. The lowest BCUT2D eigenvalue weighted by Gasteiger charge is -2.34. The SMILES string of the molecule is Cc1ccccc1N(CC(=O)N(Cc1ccccc1)C(Cc1ccccc1)C(=O)NCC(C)C)S(C)(=O)=O. The third kappa shape index (κ3) is 8.18. The lowest BCUT2D eigenvalue weighted by atomic mass is 10.0. The standard InChI is InChI=1S/C30H37N3O4S/c1-23(2)20-31-30(35)28(19-25-14-7-5-8-15-25)32(21-26-16-9-6-10-17-26)29(34)22-33(38(4,36)37)27-18-12-11-13-24(27)3/h5-18,23,28H,19-22H2,1-4H3,(H,31,35). The Balaban J connectivity index is 2.03. The zero-order valence-electron chi connectivity index (χ0n) is 22.5. The van der Waals surface area contributed by atoms with E-state index in [1.54, 1.807) is 25.1 Å². The normalized spacial score (nSPS) is 12.1. The minimum Gasteiger partial charge on any atom is -0.354 e. The Morgan fingerprint density at radius 2 is 1.39 bits per heavy atom. The van der Waals surface area contributed by atoms with Crippen LogP contribution in [-0.4, -0.2) is 50.5 Å². The number of anilines is 1. The number of sulfonamides is 1. The molecule has 8 heteroatoms. The van der Waals surface area contributed by atoms with E-state index < -0.39 is 28.5 Å². The number of carbonyl (C=O) groups excluding carboxylic acids is 2. The van der Waals surface area contributed by atoms with Crippen molar-refractivity contribution >= 4 is 27.5 Å². The van der Waals surface area contributed by atoms with E-state index in [1.165, 1.54) is 4.90 Å². The summed E-state index contributed by atoms with van der Waals surface area (Å²) in [5, 5.41) is 2.98. The lowest BCUT2D eigenvalue weighted by Crippen LogP contribution is -2.53.